The van der Waals surface area contributed by atoms with Crippen LogP contribution >= 0.6 is 11.8 Å². The molecular formula is C17H21N3O2S. The fourth-order valence-electron chi connectivity index (χ4n) is 3.38. The first-order valence-corrected chi connectivity index (χ1v) is 8.84. The van der Waals surface area contributed by atoms with Crippen LogP contribution in [0.5, 0.6) is 0 Å². The lowest BCUT2D eigenvalue weighted by Crippen LogP contribution is -2.43. The number of hydrogen-bond acceptors (Lipinski definition) is 6. The first-order chi connectivity index (χ1) is 11.1. The first kappa shape index (κ1) is 15.2. The highest BCUT2D eigenvalue weighted by atomic mass is 32.2. The summed E-state index contributed by atoms with van der Waals surface area (Å²) < 4.78 is 11.5. The van der Waals surface area contributed by atoms with Crippen molar-refractivity contribution in [2.45, 2.75) is 42.3 Å². The molecule has 1 spiro atoms. The van der Waals surface area contributed by atoms with Crippen molar-refractivity contribution in [3.05, 3.63) is 36.2 Å². The summed E-state index contributed by atoms with van der Waals surface area (Å²) >= 11 is 1.98. The van der Waals surface area contributed by atoms with Gasteiger partial charge in [0.1, 0.15) is 6.04 Å². The molecule has 2 aliphatic rings. The standard InChI is InChI=1S/C17H21N3O2S/c1-16(2)13(18-17(23-16)8-10-21-11-9-17)15-20-19-14(22-15)12-6-4-3-5-7-12/h3-7,13,18H,8-11H2,1-2H3/t13-/m0/s1. The summed E-state index contributed by atoms with van der Waals surface area (Å²) in [6.45, 7) is 6.10. The highest BCUT2D eigenvalue weighted by molar-refractivity contribution is 8.02. The van der Waals surface area contributed by atoms with E-state index in [1.165, 1.54) is 0 Å². The Morgan fingerprint density at radius 3 is 2.61 bits per heavy atom. The average Bonchev–Trinajstić information content (AvgIpc) is 3.12. The molecule has 1 aromatic heterocycles. The van der Waals surface area contributed by atoms with Crippen LogP contribution < -0.4 is 5.32 Å². The Hall–Kier alpha value is -1.37. The number of nitrogens with zero attached hydrogens (tertiary/aromatic N) is 2. The second kappa shape index (κ2) is 5.61. The molecule has 0 unspecified atom stereocenters. The summed E-state index contributed by atoms with van der Waals surface area (Å²) in [5.41, 5.74) is 0.954. The van der Waals surface area contributed by atoms with Crippen LogP contribution in [0.25, 0.3) is 11.5 Å². The van der Waals surface area contributed by atoms with Gasteiger partial charge in [-0.05, 0) is 38.8 Å². The molecule has 1 N–H and O–H groups in total. The highest BCUT2D eigenvalue weighted by Gasteiger charge is 2.53. The molecular weight excluding hydrogens is 310 g/mol. The van der Waals surface area contributed by atoms with E-state index in [1.807, 2.05) is 42.1 Å². The lowest BCUT2D eigenvalue weighted by atomic mass is 10.0. The van der Waals surface area contributed by atoms with E-state index < -0.39 is 0 Å². The largest absolute Gasteiger partial charge is 0.419 e. The number of hydrogen-bond donors (Lipinski definition) is 1. The molecule has 5 nitrogen and oxygen atoms in total. The van der Waals surface area contributed by atoms with Crippen molar-refractivity contribution in [3.63, 3.8) is 0 Å². The van der Waals surface area contributed by atoms with E-state index in [-0.39, 0.29) is 15.7 Å². The first-order valence-electron chi connectivity index (χ1n) is 8.02. The van der Waals surface area contributed by atoms with Crippen LogP contribution in [0.1, 0.15) is 38.6 Å². The van der Waals surface area contributed by atoms with Crippen LogP contribution in [0.2, 0.25) is 0 Å². The molecule has 0 radical (unpaired) electrons. The minimum Gasteiger partial charge on any atom is -0.419 e. The molecule has 1 aromatic carbocycles. The van der Waals surface area contributed by atoms with Gasteiger partial charge < -0.3 is 9.15 Å². The molecule has 0 saturated carbocycles. The molecule has 1 atom stereocenters. The zero-order valence-electron chi connectivity index (χ0n) is 13.4. The summed E-state index contributed by atoms with van der Waals surface area (Å²) in [6, 6.07) is 9.95. The van der Waals surface area contributed by atoms with Gasteiger partial charge in [0.2, 0.25) is 11.8 Å². The summed E-state index contributed by atoms with van der Waals surface area (Å²) in [5.74, 6) is 1.25. The number of nitrogens with one attached hydrogen (secondary N) is 1. The van der Waals surface area contributed by atoms with Gasteiger partial charge in [0, 0.05) is 23.5 Å². The van der Waals surface area contributed by atoms with Gasteiger partial charge in [-0.3, -0.25) is 5.32 Å². The molecule has 0 bridgehead atoms. The number of aromatic nitrogens is 2. The van der Waals surface area contributed by atoms with Gasteiger partial charge in [-0.2, -0.15) is 0 Å². The predicted molar refractivity (Wildman–Crippen MR) is 90.1 cm³/mol. The van der Waals surface area contributed by atoms with Crippen LogP contribution in [0, 0.1) is 0 Å². The molecule has 122 valence electrons. The molecule has 6 heteroatoms. The summed E-state index contributed by atoms with van der Waals surface area (Å²) in [6.07, 6.45) is 2.02. The van der Waals surface area contributed by atoms with E-state index in [0.29, 0.717) is 11.8 Å². The van der Waals surface area contributed by atoms with Crippen molar-refractivity contribution < 1.29 is 9.15 Å². The Labute approximate surface area is 140 Å². The zero-order valence-corrected chi connectivity index (χ0v) is 14.2. The molecule has 0 aliphatic carbocycles. The minimum atomic E-state index is -0.00215. The monoisotopic (exact) mass is 331 g/mol. The summed E-state index contributed by atoms with van der Waals surface area (Å²) in [7, 11) is 0. The third kappa shape index (κ3) is 2.79. The summed E-state index contributed by atoms with van der Waals surface area (Å²) in [5, 5.41) is 12.3. The third-order valence-electron chi connectivity index (χ3n) is 4.57. The van der Waals surface area contributed by atoms with Crippen LogP contribution in [0.3, 0.4) is 0 Å². The molecule has 2 aliphatic heterocycles. The average molecular weight is 331 g/mol. The lowest BCUT2D eigenvalue weighted by Gasteiger charge is -2.33. The zero-order chi connectivity index (χ0) is 15.9. The van der Waals surface area contributed by atoms with Gasteiger partial charge in [-0.1, -0.05) is 18.2 Å². The lowest BCUT2D eigenvalue weighted by molar-refractivity contribution is 0.0669. The molecule has 2 fully saturated rings. The Bertz CT molecular complexity index is 680. The number of rotatable bonds is 2. The van der Waals surface area contributed by atoms with Crippen molar-refractivity contribution >= 4 is 11.8 Å². The van der Waals surface area contributed by atoms with E-state index in [2.05, 4.69) is 29.4 Å². The van der Waals surface area contributed by atoms with Gasteiger partial charge in [0.05, 0.1) is 4.87 Å². The van der Waals surface area contributed by atoms with Crippen molar-refractivity contribution in [2.24, 2.45) is 0 Å². The molecule has 2 aromatic rings. The third-order valence-corrected chi connectivity index (χ3v) is 6.25. The van der Waals surface area contributed by atoms with E-state index in [1.54, 1.807) is 0 Å². The number of benzene rings is 1. The molecule has 2 saturated heterocycles. The Balaban J connectivity index is 1.61. The quantitative estimate of drug-likeness (QED) is 0.910. The SMILES string of the molecule is CC1(C)SC2(CCOCC2)N[C@H]1c1nnc(-c2ccccc2)o1. The van der Waals surface area contributed by atoms with Gasteiger partial charge in [-0.15, -0.1) is 22.0 Å². The van der Waals surface area contributed by atoms with Crippen molar-refractivity contribution in [2.75, 3.05) is 13.2 Å². The van der Waals surface area contributed by atoms with Crippen molar-refractivity contribution in [1.29, 1.82) is 0 Å². The highest BCUT2D eigenvalue weighted by Crippen LogP contribution is 2.54. The van der Waals surface area contributed by atoms with Gasteiger partial charge >= 0.3 is 0 Å². The number of ether oxygens (including phenoxy) is 1. The maximum absolute atomic E-state index is 5.99. The van der Waals surface area contributed by atoms with Crippen molar-refractivity contribution in [1.82, 2.24) is 15.5 Å². The van der Waals surface area contributed by atoms with Gasteiger partial charge in [0.15, 0.2) is 0 Å². The minimum absolute atomic E-state index is 0.00215. The smallest absolute Gasteiger partial charge is 0.247 e. The molecule has 3 heterocycles. The Kier molecular flexibility index (Phi) is 3.70. The van der Waals surface area contributed by atoms with E-state index in [9.17, 15) is 0 Å². The second-order valence-electron chi connectivity index (χ2n) is 6.70. The fourth-order valence-corrected chi connectivity index (χ4v) is 5.22. The fraction of sp³-hybridized carbons (Fsp3) is 0.529. The van der Waals surface area contributed by atoms with Crippen LogP contribution in [-0.2, 0) is 4.74 Å². The molecule has 0 amide bonds. The second-order valence-corrected chi connectivity index (χ2v) is 8.74. The molecule has 4 rings (SSSR count). The maximum atomic E-state index is 5.99. The Morgan fingerprint density at radius 2 is 1.87 bits per heavy atom. The number of thioether (sulfide) groups is 1. The van der Waals surface area contributed by atoms with E-state index in [0.717, 1.165) is 31.6 Å². The van der Waals surface area contributed by atoms with Crippen LogP contribution in [-0.4, -0.2) is 33.0 Å². The molecule has 23 heavy (non-hydrogen) atoms. The van der Waals surface area contributed by atoms with E-state index >= 15 is 0 Å². The van der Waals surface area contributed by atoms with Crippen molar-refractivity contribution in [3.8, 4) is 11.5 Å². The normalized spacial score (nSPS) is 25.7. The van der Waals surface area contributed by atoms with Crippen LogP contribution in [0.4, 0.5) is 0 Å². The predicted octanol–water partition coefficient (Wildman–Crippen LogP) is 3.40. The van der Waals surface area contributed by atoms with E-state index in [4.69, 9.17) is 9.15 Å². The van der Waals surface area contributed by atoms with Gasteiger partial charge in [-0.25, -0.2) is 0 Å². The van der Waals surface area contributed by atoms with Crippen LogP contribution in [0.15, 0.2) is 34.7 Å². The summed E-state index contributed by atoms with van der Waals surface area (Å²) in [4.78, 5) is 0.0633. The Morgan fingerprint density at radius 1 is 1.13 bits per heavy atom. The maximum Gasteiger partial charge on any atom is 0.247 e. The topological polar surface area (TPSA) is 60.2 Å². The van der Waals surface area contributed by atoms with Gasteiger partial charge in [0.25, 0.3) is 0 Å².